The Bertz CT molecular complexity index is 433. The number of nitrogens with zero attached hydrogens (tertiary/aromatic N) is 2. The first-order valence-electron chi connectivity index (χ1n) is 6.35. The summed E-state index contributed by atoms with van der Waals surface area (Å²) in [5.74, 6) is -0.155. The highest BCUT2D eigenvalue weighted by molar-refractivity contribution is 7.99. The molecule has 0 aliphatic rings. The summed E-state index contributed by atoms with van der Waals surface area (Å²) < 4.78 is 0. The zero-order chi connectivity index (χ0) is 14.5. The van der Waals surface area contributed by atoms with Crippen LogP contribution in [0.4, 0.5) is 0 Å². The summed E-state index contributed by atoms with van der Waals surface area (Å²) in [5.41, 5.74) is 6.61. The van der Waals surface area contributed by atoms with Gasteiger partial charge >= 0.3 is 5.97 Å². The SMILES string of the molecule is CCC(N)(CCCSc1nc(C)cc(C)n1)C(=O)O. The van der Waals surface area contributed by atoms with Crippen molar-refractivity contribution in [1.82, 2.24) is 9.97 Å². The predicted octanol–water partition coefficient (Wildman–Crippen LogP) is 2.16. The lowest BCUT2D eigenvalue weighted by Crippen LogP contribution is -2.47. The highest BCUT2D eigenvalue weighted by Gasteiger charge is 2.30. The van der Waals surface area contributed by atoms with E-state index < -0.39 is 11.5 Å². The van der Waals surface area contributed by atoms with Crippen molar-refractivity contribution in [3.8, 4) is 0 Å². The Morgan fingerprint density at radius 1 is 1.42 bits per heavy atom. The maximum atomic E-state index is 11.0. The van der Waals surface area contributed by atoms with Gasteiger partial charge < -0.3 is 10.8 Å². The first kappa shape index (κ1) is 15.9. The number of carboxylic acids is 1. The second-order valence-corrected chi connectivity index (χ2v) is 5.76. The average Bonchev–Trinajstić information content (AvgIpc) is 2.33. The van der Waals surface area contributed by atoms with Gasteiger partial charge in [-0.1, -0.05) is 18.7 Å². The highest BCUT2D eigenvalue weighted by Crippen LogP contribution is 2.20. The molecule has 0 aromatic carbocycles. The van der Waals surface area contributed by atoms with E-state index in [1.165, 1.54) is 0 Å². The zero-order valence-electron chi connectivity index (χ0n) is 11.6. The maximum Gasteiger partial charge on any atom is 0.323 e. The molecule has 1 atom stereocenters. The largest absolute Gasteiger partial charge is 0.480 e. The molecule has 0 fully saturated rings. The highest BCUT2D eigenvalue weighted by atomic mass is 32.2. The van der Waals surface area contributed by atoms with Crippen LogP contribution in [0.25, 0.3) is 0 Å². The zero-order valence-corrected chi connectivity index (χ0v) is 12.5. The van der Waals surface area contributed by atoms with E-state index in [-0.39, 0.29) is 0 Å². The third-order valence-electron chi connectivity index (χ3n) is 3.02. The number of aryl methyl sites for hydroxylation is 2. The van der Waals surface area contributed by atoms with Gasteiger partial charge in [0, 0.05) is 17.1 Å². The van der Waals surface area contributed by atoms with E-state index in [4.69, 9.17) is 10.8 Å². The summed E-state index contributed by atoms with van der Waals surface area (Å²) in [4.78, 5) is 19.7. The van der Waals surface area contributed by atoms with E-state index in [0.29, 0.717) is 12.8 Å². The molecule has 0 saturated heterocycles. The molecule has 106 valence electrons. The first-order valence-corrected chi connectivity index (χ1v) is 7.33. The van der Waals surface area contributed by atoms with Gasteiger partial charge in [0.2, 0.25) is 0 Å². The van der Waals surface area contributed by atoms with E-state index in [0.717, 1.165) is 28.7 Å². The number of aliphatic carboxylic acids is 1. The van der Waals surface area contributed by atoms with Crippen LogP contribution in [0.5, 0.6) is 0 Å². The maximum absolute atomic E-state index is 11.0. The minimum atomic E-state index is -1.11. The van der Waals surface area contributed by atoms with Gasteiger partial charge in [0.15, 0.2) is 5.16 Å². The van der Waals surface area contributed by atoms with Crippen LogP contribution in [-0.2, 0) is 4.79 Å². The molecular formula is C13H21N3O2S. The van der Waals surface area contributed by atoms with Crippen LogP contribution in [0.2, 0.25) is 0 Å². The second-order valence-electron chi connectivity index (χ2n) is 4.70. The Morgan fingerprint density at radius 2 is 2.00 bits per heavy atom. The van der Waals surface area contributed by atoms with Gasteiger partial charge in [0.05, 0.1) is 0 Å². The molecule has 1 aromatic rings. The minimum Gasteiger partial charge on any atom is -0.480 e. The van der Waals surface area contributed by atoms with Gasteiger partial charge in [-0.05, 0) is 39.2 Å². The molecule has 0 saturated carbocycles. The number of hydrogen-bond acceptors (Lipinski definition) is 5. The Kier molecular flexibility index (Phi) is 5.75. The molecule has 5 nitrogen and oxygen atoms in total. The number of carboxylic acid groups (broad SMARTS) is 1. The molecule has 1 aromatic heterocycles. The van der Waals surface area contributed by atoms with Gasteiger partial charge in [-0.15, -0.1) is 0 Å². The fourth-order valence-electron chi connectivity index (χ4n) is 1.74. The van der Waals surface area contributed by atoms with Crippen molar-refractivity contribution in [1.29, 1.82) is 0 Å². The second kappa shape index (κ2) is 6.86. The van der Waals surface area contributed by atoms with E-state index in [1.807, 2.05) is 19.9 Å². The van der Waals surface area contributed by atoms with Gasteiger partial charge in [-0.25, -0.2) is 9.97 Å². The molecular weight excluding hydrogens is 262 g/mol. The molecule has 19 heavy (non-hydrogen) atoms. The van der Waals surface area contributed by atoms with Crippen LogP contribution in [0, 0.1) is 13.8 Å². The van der Waals surface area contributed by atoms with Crippen molar-refractivity contribution in [2.45, 2.75) is 50.7 Å². The molecule has 1 heterocycles. The van der Waals surface area contributed by atoms with Crippen LogP contribution in [-0.4, -0.2) is 32.3 Å². The summed E-state index contributed by atoms with van der Waals surface area (Å²) in [5, 5.41) is 9.81. The molecule has 0 aliphatic heterocycles. The van der Waals surface area contributed by atoms with Crippen molar-refractivity contribution in [2.75, 3.05) is 5.75 Å². The minimum absolute atomic E-state index is 0.438. The normalized spacial score (nSPS) is 14.1. The average molecular weight is 283 g/mol. The van der Waals surface area contributed by atoms with Gasteiger partial charge in [0.1, 0.15) is 5.54 Å². The molecule has 0 amide bonds. The van der Waals surface area contributed by atoms with Crippen LogP contribution in [0.15, 0.2) is 11.2 Å². The summed E-state index contributed by atoms with van der Waals surface area (Å²) in [6.07, 6.45) is 1.64. The Balaban J connectivity index is 2.44. The van der Waals surface area contributed by atoms with E-state index >= 15 is 0 Å². The third-order valence-corrected chi connectivity index (χ3v) is 3.95. The fraction of sp³-hybridized carbons (Fsp3) is 0.615. The molecule has 3 N–H and O–H groups in total. The summed E-state index contributed by atoms with van der Waals surface area (Å²) in [6, 6.07) is 1.93. The smallest absolute Gasteiger partial charge is 0.323 e. The first-order chi connectivity index (χ1) is 8.87. The molecule has 1 unspecified atom stereocenters. The predicted molar refractivity (Wildman–Crippen MR) is 76.3 cm³/mol. The van der Waals surface area contributed by atoms with Crippen LogP contribution >= 0.6 is 11.8 Å². The van der Waals surface area contributed by atoms with Crippen molar-refractivity contribution in [3.05, 3.63) is 17.5 Å². The molecule has 0 aliphatic carbocycles. The fourth-order valence-corrected chi connectivity index (χ4v) is 2.63. The summed E-state index contributed by atoms with van der Waals surface area (Å²) in [6.45, 7) is 5.67. The van der Waals surface area contributed by atoms with Crippen molar-refractivity contribution in [3.63, 3.8) is 0 Å². The topological polar surface area (TPSA) is 89.1 Å². The number of carbonyl (C=O) groups is 1. The standard InChI is InChI=1S/C13H21N3O2S/c1-4-13(14,11(17)18)6-5-7-19-12-15-9(2)8-10(3)16-12/h8H,4-7,14H2,1-3H3,(H,17,18). The Labute approximate surface area is 118 Å². The van der Waals surface area contributed by atoms with Gasteiger partial charge in [-0.3, -0.25) is 4.79 Å². The molecule has 1 rings (SSSR count). The molecule has 0 bridgehead atoms. The monoisotopic (exact) mass is 283 g/mol. The van der Waals surface area contributed by atoms with Gasteiger partial charge in [-0.2, -0.15) is 0 Å². The van der Waals surface area contributed by atoms with Crippen LogP contribution in [0.1, 0.15) is 37.6 Å². The van der Waals surface area contributed by atoms with Crippen molar-refractivity contribution in [2.24, 2.45) is 5.73 Å². The Morgan fingerprint density at radius 3 is 2.47 bits per heavy atom. The van der Waals surface area contributed by atoms with E-state index in [9.17, 15) is 4.79 Å². The lowest BCUT2D eigenvalue weighted by atomic mass is 9.92. The number of rotatable bonds is 7. The summed E-state index contributed by atoms with van der Waals surface area (Å²) in [7, 11) is 0. The number of hydrogen-bond donors (Lipinski definition) is 2. The van der Waals surface area contributed by atoms with E-state index in [2.05, 4.69) is 9.97 Å². The number of thioether (sulfide) groups is 1. The van der Waals surface area contributed by atoms with Crippen LogP contribution < -0.4 is 5.73 Å². The lowest BCUT2D eigenvalue weighted by molar-refractivity contribution is -0.143. The third kappa shape index (κ3) is 4.80. The molecule has 0 spiro atoms. The lowest BCUT2D eigenvalue weighted by Gasteiger charge is -2.22. The Hall–Kier alpha value is -1.14. The summed E-state index contributed by atoms with van der Waals surface area (Å²) >= 11 is 1.54. The number of aromatic nitrogens is 2. The molecule has 6 heteroatoms. The van der Waals surface area contributed by atoms with E-state index in [1.54, 1.807) is 18.7 Å². The number of nitrogens with two attached hydrogens (primary N) is 1. The molecule has 0 radical (unpaired) electrons. The van der Waals surface area contributed by atoms with Crippen LogP contribution in [0.3, 0.4) is 0 Å². The van der Waals surface area contributed by atoms with Gasteiger partial charge in [0.25, 0.3) is 0 Å². The quantitative estimate of drug-likeness (QED) is 0.453. The van der Waals surface area contributed by atoms with Crippen molar-refractivity contribution >= 4 is 17.7 Å². The van der Waals surface area contributed by atoms with Crippen molar-refractivity contribution < 1.29 is 9.90 Å².